The van der Waals surface area contributed by atoms with Crippen molar-refractivity contribution < 1.29 is 4.39 Å². The number of hydrogen-bond acceptors (Lipinski definition) is 2. The number of hydrazine groups is 1. The predicted molar refractivity (Wildman–Crippen MR) is 207 cm³/mol. The van der Waals surface area contributed by atoms with Crippen LogP contribution in [0.1, 0.15) is 52.7 Å². The van der Waals surface area contributed by atoms with Crippen molar-refractivity contribution in [3.05, 3.63) is 161 Å². The molecule has 0 spiro atoms. The average Bonchev–Trinajstić information content (AvgIpc) is 3.43. The van der Waals surface area contributed by atoms with E-state index in [0.29, 0.717) is 0 Å². The SMILES string of the molecule is CC(C)(C)c1cc([N+]2=C3C=CC=C4C5=CC=CC6=C7C=CC=CC7N(C56)N(c5c2ccc2cc6cc(F)ccc6cc52)C43)cc(C(C)(C)C)c1. The Hall–Kier alpha value is -5.06. The summed E-state index contributed by atoms with van der Waals surface area (Å²) in [5, 5.41) is 9.52. The lowest BCUT2D eigenvalue weighted by atomic mass is 9.78. The zero-order valence-corrected chi connectivity index (χ0v) is 29.5. The first-order valence-corrected chi connectivity index (χ1v) is 17.9. The van der Waals surface area contributed by atoms with Gasteiger partial charge in [0.15, 0.2) is 6.04 Å². The molecule has 3 nitrogen and oxygen atoms in total. The zero-order valence-electron chi connectivity index (χ0n) is 29.5. The van der Waals surface area contributed by atoms with E-state index in [1.54, 1.807) is 12.1 Å². The Morgan fingerprint density at radius 3 is 2.10 bits per heavy atom. The van der Waals surface area contributed by atoms with Gasteiger partial charge in [-0.2, -0.15) is 9.58 Å². The van der Waals surface area contributed by atoms with Crippen molar-refractivity contribution in [2.75, 3.05) is 5.01 Å². The van der Waals surface area contributed by atoms with Crippen LogP contribution in [0, 0.1) is 5.82 Å². The Morgan fingerprint density at radius 1 is 0.640 bits per heavy atom. The topological polar surface area (TPSA) is 9.49 Å². The Balaban J connectivity index is 1.33. The molecule has 4 aromatic carbocycles. The van der Waals surface area contributed by atoms with Gasteiger partial charge in [-0.15, -0.1) is 0 Å². The Labute approximate surface area is 293 Å². The van der Waals surface area contributed by atoms with Crippen molar-refractivity contribution in [2.45, 2.75) is 70.5 Å². The minimum atomic E-state index is -0.210. The van der Waals surface area contributed by atoms with Crippen LogP contribution in [0.15, 0.2) is 144 Å². The first-order valence-electron chi connectivity index (χ1n) is 17.9. The molecule has 246 valence electrons. The highest BCUT2D eigenvalue weighted by molar-refractivity contribution is 6.17. The van der Waals surface area contributed by atoms with Crippen molar-refractivity contribution in [3.8, 4) is 0 Å². The van der Waals surface area contributed by atoms with Gasteiger partial charge in [0, 0.05) is 29.7 Å². The first kappa shape index (κ1) is 29.8. The maximum absolute atomic E-state index is 14.5. The van der Waals surface area contributed by atoms with Gasteiger partial charge in [-0.3, -0.25) is 5.01 Å². The van der Waals surface area contributed by atoms with Gasteiger partial charge in [0.25, 0.3) is 0 Å². The summed E-state index contributed by atoms with van der Waals surface area (Å²) in [6.07, 6.45) is 22.9. The monoisotopic (exact) mass is 654 g/mol. The largest absolute Gasteiger partial charge is 0.279 e. The molecule has 0 saturated carbocycles. The normalized spacial score (nSPS) is 23.3. The van der Waals surface area contributed by atoms with Crippen molar-refractivity contribution in [1.82, 2.24) is 9.58 Å². The molecule has 0 aromatic heterocycles. The van der Waals surface area contributed by atoms with Crippen LogP contribution in [-0.4, -0.2) is 28.8 Å². The van der Waals surface area contributed by atoms with E-state index in [4.69, 9.17) is 0 Å². The fourth-order valence-corrected chi connectivity index (χ4v) is 8.99. The lowest BCUT2D eigenvalue weighted by Gasteiger charge is -2.53. The van der Waals surface area contributed by atoms with Crippen molar-refractivity contribution in [2.24, 2.45) is 0 Å². The summed E-state index contributed by atoms with van der Waals surface area (Å²) in [5.41, 5.74) is 12.9. The minimum absolute atomic E-state index is 0.0253. The maximum Gasteiger partial charge on any atom is 0.237 e. The van der Waals surface area contributed by atoms with Crippen LogP contribution >= 0.6 is 0 Å². The quantitative estimate of drug-likeness (QED) is 0.149. The van der Waals surface area contributed by atoms with Crippen LogP contribution in [0.3, 0.4) is 0 Å². The summed E-state index contributed by atoms with van der Waals surface area (Å²) >= 11 is 0. The minimum Gasteiger partial charge on any atom is -0.279 e. The van der Waals surface area contributed by atoms with Gasteiger partial charge in [-0.25, -0.2) is 4.39 Å². The van der Waals surface area contributed by atoms with Gasteiger partial charge in [0.1, 0.15) is 11.5 Å². The van der Waals surface area contributed by atoms with Crippen LogP contribution in [0.4, 0.5) is 21.5 Å². The second-order valence-corrected chi connectivity index (χ2v) is 16.6. The van der Waals surface area contributed by atoms with Crippen LogP contribution in [0.2, 0.25) is 0 Å². The molecule has 3 aliphatic carbocycles. The number of rotatable bonds is 1. The molecule has 0 bridgehead atoms. The third-order valence-corrected chi connectivity index (χ3v) is 11.5. The predicted octanol–water partition coefficient (Wildman–Crippen LogP) is 10.6. The molecule has 4 heteroatoms. The zero-order chi connectivity index (χ0) is 34.3. The molecule has 3 unspecified atom stereocenters. The standard InChI is InChI=1S/C46H41FN3/c1-45(2,3)30-24-31(46(4,5)6)26-33(25-30)48-40-16-10-14-37-36-13-9-12-35-34-11-7-8-15-39(34)49(42(35)36)50(43(37)40)44-38-23-27-17-19-32(47)22-29(27)21-28(38)18-20-41(44)48/h7-26,39,42-43H,1-6H3/q+1. The van der Waals surface area contributed by atoms with E-state index in [0.717, 1.165) is 21.8 Å². The van der Waals surface area contributed by atoms with E-state index in [-0.39, 0.29) is 34.8 Å². The first-order chi connectivity index (χ1) is 24.0. The van der Waals surface area contributed by atoms with E-state index in [1.807, 2.05) is 6.07 Å². The van der Waals surface area contributed by atoms with E-state index in [2.05, 4.69) is 159 Å². The van der Waals surface area contributed by atoms with E-state index in [9.17, 15) is 4.39 Å². The van der Waals surface area contributed by atoms with E-state index >= 15 is 0 Å². The van der Waals surface area contributed by atoms with Gasteiger partial charge in [-0.1, -0.05) is 108 Å². The molecule has 3 atom stereocenters. The number of halogens is 1. The second kappa shape index (κ2) is 10.0. The van der Waals surface area contributed by atoms with Gasteiger partial charge in [0.05, 0.1) is 12.1 Å². The summed E-state index contributed by atoms with van der Waals surface area (Å²) in [6.45, 7) is 13.9. The molecular weight excluding hydrogens is 614 g/mol. The molecule has 0 radical (unpaired) electrons. The Kier molecular flexibility index (Phi) is 5.97. The van der Waals surface area contributed by atoms with Crippen LogP contribution in [0.5, 0.6) is 0 Å². The fraction of sp³-hybridized carbons (Fsp3) is 0.239. The van der Waals surface area contributed by atoms with Gasteiger partial charge in [-0.05, 0) is 90.7 Å². The molecule has 10 rings (SSSR count). The molecule has 0 N–H and O–H groups in total. The molecule has 6 aliphatic rings. The van der Waals surface area contributed by atoms with E-state index in [1.165, 1.54) is 55.9 Å². The third kappa shape index (κ3) is 4.09. The number of hydrogen-bond donors (Lipinski definition) is 0. The van der Waals surface area contributed by atoms with Crippen molar-refractivity contribution in [1.29, 1.82) is 0 Å². The third-order valence-electron chi connectivity index (χ3n) is 11.5. The summed E-state index contributed by atoms with van der Waals surface area (Å²) < 4.78 is 17.0. The average molecular weight is 655 g/mol. The Morgan fingerprint density at radius 2 is 1.34 bits per heavy atom. The van der Waals surface area contributed by atoms with Gasteiger partial charge in [0.2, 0.25) is 17.1 Å². The van der Waals surface area contributed by atoms with Gasteiger partial charge >= 0.3 is 0 Å². The second-order valence-electron chi connectivity index (χ2n) is 16.6. The summed E-state index contributed by atoms with van der Waals surface area (Å²) in [4.78, 5) is 0. The van der Waals surface area contributed by atoms with Crippen LogP contribution in [-0.2, 0) is 10.8 Å². The molecule has 4 aromatic rings. The summed E-state index contributed by atoms with van der Waals surface area (Å²) in [6, 6.07) is 21.6. The smallest absolute Gasteiger partial charge is 0.237 e. The molecule has 50 heavy (non-hydrogen) atoms. The highest BCUT2D eigenvalue weighted by Crippen LogP contribution is 2.55. The lowest BCUT2D eigenvalue weighted by Crippen LogP contribution is -2.65. The molecule has 1 fully saturated rings. The van der Waals surface area contributed by atoms with Crippen molar-refractivity contribution >= 4 is 44.3 Å². The van der Waals surface area contributed by atoms with Crippen LogP contribution < -0.4 is 9.58 Å². The highest BCUT2D eigenvalue weighted by Gasteiger charge is 2.57. The number of anilines is 1. The molecule has 3 aliphatic heterocycles. The molecule has 3 heterocycles. The van der Waals surface area contributed by atoms with Crippen molar-refractivity contribution in [3.63, 3.8) is 0 Å². The number of allylic oxidation sites excluding steroid dienone is 6. The Bertz CT molecular complexity index is 2450. The molecule has 1 saturated heterocycles. The van der Waals surface area contributed by atoms with Gasteiger partial charge < -0.3 is 0 Å². The summed E-state index contributed by atoms with van der Waals surface area (Å²) in [5.74, 6) is -0.210. The number of benzene rings is 4. The van der Waals surface area contributed by atoms with Crippen LogP contribution in [0.25, 0.3) is 21.5 Å². The molecule has 0 amide bonds. The molecular formula is C46H41FN3+. The summed E-state index contributed by atoms with van der Waals surface area (Å²) in [7, 11) is 0. The lowest BCUT2D eigenvalue weighted by molar-refractivity contribution is 0.204. The van der Waals surface area contributed by atoms with E-state index < -0.39 is 0 Å². The highest BCUT2D eigenvalue weighted by atomic mass is 19.1. The number of nitrogens with zero attached hydrogens (tertiary/aromatic N) is 3. The maximum atomic E-state index is 14.5. The fourth-order valence-electron chi connectivity index (χ4n) is 8.99. The number of fused-ring (bicyclic) bond motifs is 9.